The number of rotatable bonds is 8. The predicted molar refractivity (Wildman–Crippen MR) is 113 cm³/mol. The molecule has 0 fully saturated rings. The Kier molecular flexibility index (Phi) is 6.97. The molecule has 2 heterocycles. The van der Waals surface area contributed by atoms with E-state index in [9.17, 15) is 26.4 Å². The maximum absolute atomic E-state index is 12.7. The number of anilines is 1. The molecule has 1 N–H and O–H groups in total. The maximum atomic E-state index is 12.7. The van der Waals surface area contributed by atoms with E-state index in [1.54, 1.807) is 6.92 Å². The van der Waals surface area contributed by atoms with Crippen molar-refractivity contribution in [1.29, 1.82) is 0 Å². The molecule has 3 aromatic rings. The summed E-state index contributed by atoms with van der Waals surface area (Å²) in [6, 6.07) is 12.8. The molecule has 32 heavy (non-hydrogen) atoms. The summed E-state index contributed by atoms with van der Waals surface area (Å²) in [6.07, 6.45) is -2.91. The Morgan fingerprint density at radius 3 is 2.47 bits per heavy atom. The van der Waals surface area contributed by atoms with Gasteiger partial charge in [0.2, 0.25) is 5.91 Å². The SMILES string of the molecule is Cc1cc(NC(=O)CS(=O)(=O)CCCc2ccccc2)n(-c2ccc(C(F)(F)F)cn2)n1. The molecular weight excluding hydrogens is 445 g/mol. The van der Waals surface area contributed by atoms with E-state index in [4.69, 9.17) is 0 Å². The van der Waals surface area contributed by atoms with E-state index in [-0.39, 0.29) is 17.4 Å². The first-order chi connectivity index (χ1) is 15.0. The summed E-state index contributed by atoms with van der Waals surface area (Å²) in [4.78, 5) is 16.1. The largest absolute Gasteiger partial charge is 0.417 e. The molecule has 11 heteroatoms. The van der Waals surface area contributed by atoms with E-state index < -0.39 is 33.2 Å². The zero-order valence-electron chi connectivity index (χ0n) is 17.1. The standard InChI is InChI=1S/C21H21F3N4O3S/c1-15-12-19(28(27-15)18-10-9-17(13-25-18)21(22,23)24)26-20(29)14-32(30,31)11-5-8-16-6-3-2-4-7-16/h2-4,6-7,9-10,12-13H,5,8,11,14H2,1H3,(H,26,29). The van der Waals surface area contributed by atoms with Gasteiger partial charge in [0.05, 0.1) is 17.0 Å². The van der Waals surface area contributed by atoms with Crippen LogP contribution in [0, 0.1) is 6.92 Å². The van der Waals surface area contributed by atoms with Gasteiger partial charge in [0.1, 0.15) is 11.6 Å². The second-order valence-electron chi connectivity index (χ2n) is 7.21. The van der Waals surface area contributed by atoms with E-state index in [0.717, 1.165) is 22.4 Å². The van der Waals surface area contributed by atoms with Gasteiger partial charge in [-0.2, -0.15) is 23.0 Å². The van der Waals surface area contributed by atoms with E-state index >= 15 is 0 Å². The minimum atomic E-state index is -4.53. The number of carbonyl (C=O) groups excluding carboxylic acids is 1. The van der Waals surface area contributed by atoms with E-state index in [0.29, 0.717) is 24.7 Å². The summed E-state index contributed by atoms with van der Waals surface area (Å²) in [5.74, 6) is -1.47. The molecule has 7 nitrogen and oxygen atoms in total. The number of aryl methyl sites for hydroxylation is 2. The Morgan fingerprint density at radius 2 is 1.84 bits per heavy atom. The third kappa shape index (κ3) is 6.39. The van der Waals surface area contributed by atoms with Crippen LogP contribution in [0.15, 0.2) is 54.7 Å². The van der Waals surface area contributed by atoms with Crippen molar-refractivity contribution >= 4 is 21.6 Å². The molecule has 0 bridgehead atoms. The van der Waals surface area contributed by atoms with E-state index in [1.165, 1.54) is 6.07 Å². The molecule has 0 radical (unpaired) electrons. The average Bonchev–Trinajstić information content (AvgIpc) is 3.07. The summed E-state index contributed by atoms with van der Waals surface area (Å²) in [6.45, 7) is 1.62. The first-order valence-electron chi connectivity index (χ1n) is 9.68. The highest BCUT2D eigenvalue weighted by Gasteiger charge is 2.31. The van der Waals surface area contributed by atoms with Crippen LogP contribution >= 0.6 is 0 Å². The van der Waals surface area contributed by atoms with Crippen LogP contribution in [0.2, 0.25) is 0 Å². The minimum absolute atomic E-state index is 0.0483. The number of sulfone groups is 1. The highest BCUT2D eigenvalue weighted by Crippen LogP contribution is 2.29. The van der Waals surface area contributed by atoms with Crippen LogP contribution in [0.5, 0.6) is 0 Å². The number of hydrogen-bond acceptors (Lipinski definition) is 5. The lowest BCUT2D eigenvalue weighted by Gasteiger charge is -2.10. The fraction of sp³-hybridized carbons (Fsp3) is 0.286. The summed E-state index contributed by atoms with van der Waals surface area (Å²) in [5.41, 5.74) is 0.556. The summed E-state index contributed by atoms with van der Waals surface area (Å²) < 4.78 is 64.0. The number of pyridine rings is 1. The highest BCUT2D eigenvalue weighted by atomic mass is 32.2. The molecule has 0 atom stereocenters. The molecule has 1 amide bonds. The molecular formula is C21H21F3N4O3S. The third-order valence-corrected chi connectivity index (χ3v) is 6.12. The number of hydrogen-bond donors (Lipinski definition) is 1. The van der Waals surface area contributed by atoms with Crippen molar-refractivity contribution < 1.29 is 26.4 Å². The number of aromatic nitrogens is 3. The molecule has 0 spiro atoms. The van der Waals surface area contributed by atoms with Crippen LogP contribution in [0.25, 0.3) is 5.82 Å². The number of nitrogens with one attached hydrogen (secondary N) is 1. The first-order valence-corrected chi connectivity index (χ1v) is 11.5. The number of nitrogens with zero attached hydrogens (tertiary/aromatic N) is 3. The molecule has 0 aliphatic rings. The second kappa shape index (κ2) is 9.51. The molecule has 2 aromatic heterocycles. The van der Waals surface area contributed by atoms with Gasteiger partial charge in [0.15, 0.2) is 15.7 Å². The van der Waals surface area contributed by atoms with Crippen molar-refractivity contribution in [3.8, 4) is 5.82 Å². The molecule has 170 valence electrons. The zero-order chi connectivity index (χ0) is 23.4. The van der Waals surface area contributed by atoms with Crippen LogP contribution in [0.1, 0.15) is 23.2 Å². The number of benzene rings is 1. The predicted octanol–water partition coefficient (Wildman–Crippen LogP) is 3.58. The quantitative estimate of drug-likeness (QED) is 0.548. The van der Waals surface area contributed by atoms with Crippen molar-refractivity contribution in [2.24, 2.45) is 0 Å². The Bertz CT molecular complexity index is 1180. The monoisotopic (exact) mass is 466 g/mol. The minimum Gasteiger partial charge on any atom is -0.310 e. The van der Waals surface area contributed by atoms with Gasteiger partial charge in [-0.25, -0.2) is 13.4 Å². The zero-order valence-corrected chi connectivity index (χ0v) is 17.9. The molecule has 0 saturated carbocycles. The summed E-state index contributed by atoms with van der Waals surface area (Å²) >= 11 is 0. The Labute approximate surface area is 183 Å². The highest BCUT2D eigenvalue weighted by molar-refractivity contribution is 7.92. The van der Waals surface area contributed by atoms with Crippen molar-refractivity contribution in [2.75, 3.05) is 16.8 Å². The van der Waals surface area contributed by atoms with Gasteiger partial charge < -0.3 is 5.32 Å². The van der Waals surface area contributed by atoms with Gasteiger partial charge in [-0.3, -0.25) is 4.79 Å². The van der Waals surface area contributed by atoms with Crippen molar-refractivity contribution in [2.45, 2.75) is 25.9 Å². The van der Waals surface area contributed by atoms with Crippen molar-refractivity contribution in [3.05, 3.63) is 71.5 Å². The second-order valence-corrected chi connectivity index (χ2v) is 9.40. The molecule has 1 aromatic carbocycles. The number of halogens is 3. The molecule has 3 rings (SSSR count). The lowest BCUT2D eigenvalue weighted by Crippen LogP contribution is -2.26. The van der Waals surface area contributed by atoms with Gasteiger partial charge in [0.25, 0.3) is 0 Å². The van der Waals surface area contributed by atoms with Crippen LogP contribution < -0.4 is 5.32 Å². The fourth-order valence-electron chi connectivity index (χ4n) is 3.03. The Balaban J connectivity index is 1.64. The normalized spacial score (nSPS) is 12.0. The lowest BCUT2D eigenvalue weighted by molar-refractivity contribution is -0.137. The van der Waals surface area contributed by atoms with Crippen LogP contribution in [0.3, 0.4) is 0 Å². The van der Waals surface area contributed by atoms with Crippen molar-refractivity contribution in [1.82, 2.24) is 14.8 Å². The van der Waals surface area contributed by atoms with Gasteiger partial charge in [-0.05, 0) is 37.5 Å². The van der Waals surface area contributed by atoms with Crippen molar-refractivity contribution in [3.63, 3.8) is 0 Å². The number of carbonyl (C=O) groups is 1. The van der Waals surface area contributed by atoms with Gasteiger partial charge in [-0.1, -0.05) is 30.3 Å². The average molecular weight is 466 g/mol. The lowest BCUT2D eigenvalue weighted by atomic mass is 10.1. The topological polar surface area (TPSA) is 94.0 Å². The summed E-state index contributed by atoms with van der Waals surface area (Å²) in [7, 11) is -3.65. The molecule has 0 aliphatic heterocycles. The fourth-order valence-corrected chi connectivity index (χ4v) is 4.23. The maximum Gasteiger partial charge on any atom is 0.417 e. The Morgan fingerprint density at radius 1 is 1.12 bits per heavy atom. The number of alkyl halides is 3. The van der Waals surface area contributed by atoms with E-state index in [1.807, 2.05) is 30.3 Å². The van der Waals surface area contributed by atoms with E-state index in [2.05, 4.69) is 15.4 Å². The van der Waals surface area contributed by atoms with Crippen LogP contribution in [0.4, 0.5) is 19.0 Å². The Hall–Kier alpha value is -3.21. The van der Waals surface area contributed by atoms with Gasteiger partial charge in [-0.15, -0.1) is 0 Å². The smallest absolute Gasteiger partial charge is 0.310 e. The van der Waals surface area contributed by atoms with Gasteiger partial charge in [0, 0.05) is 12.3 Å². The first kappa shape index (κ1) is 23.5. The molecule has 0 aliphatic carbocycles. The molecule has 0 unspecified atom stereocenters. The van der Waals surface area contributed by atoms with Crippen LogP contribution in [-0.2, 0) is 27.2 Å². The van der Waals surface area contributed by atoms with Crippen LogP contribution in [-0.4, -0.2) is 40.6 Å². The summed E-state index contributed by atoms with van der Waals surface area (Å²) in [5, 5.41) is 6.57. The van der Waals surface area contributed by atoms with Gasteiger partial charge >= 0.3 is 6.18 Å². The third-order valence-electron chi connectivity index (χ3n) is 4.51. The number of amides is 1. The molecule has 0 saturated heterocycles.